The van der Waals surface area contributed by atoms with Crippen LogP contribution in [0.25, 0.3) is 21.7 Å². The number of primary amides is 1. The van der Waals surface area contributed by atoms with E-state index in [2.05, 4.69) is 57.7 Å². The standard InChI is InChI=1S/C37H37ClN4O3/c1-23(2)34(35(39)44)40-36(45)37(41-33(43)20-24-12-15-28(38)16-13-24)18-17-32-30(21-37)29-9-5-6-10-31(29)42(32)22-25-11-14-26-7-3-4-8-27(26)19-25/h3-16,19,23,34H,17-18,20-22H2,1-2H3,(H2,39,44)(H,40,45)(H,41,43)/t34-,37-/m0/s1. The average Bonchev–Trinajstić information content (AvgIpc) is 3.32. The third kappa shape index (κ3) is 6.18. The van der Waals surface area contributed by atoms with Gasteiger partial charge in [0.05, 0.1) is 6.42 Å². The lowest BCUT2D eigenvalue weighted by Crippen LogP contribution is -2.64. The highest BCUT2D eigenvalue weighted by Crippen LogP contribution is 2.37. The van der Waals surface area contributed by atoms with Crippen molar-refractivity contribution in [3.05, 3.63) is 118 Å². The quantitative estimate of drug-likeness (QED) is 0.197. The summed E-state index contributed by atoms with van der Waals surface area (Å²) in [4.78, 5) is 40.0. The van der Waals surface area contributed by atoms with Gasteiger partial charge in [-0.25, -0.2) is 0 Å². The highest BCUT2D eigenvalue weighted by Gasteiger charge is 2.45. The molecule has 0 aliphatic heterocycles. The Morgan fingerprint density at radius 3 is 2.33 bits per heavy atom. The van der Waals surface area contributed by atoms with Gasteiger partial charge in [0.25, 0.3) is 0 Å². The van der Waals surface area contributed by atoms with Gasteiger partial charge in [-0.05, 0) is 70.5 Å². The molecule has 0 radical (unpaired) electrons. The molecule has 1 aliphatic carbocycles. The van der Waals surface area contributed by atoms with Crippen molar-refractivity contribution in [2.24, 2.45) is 11.7 Å². The van der Waals surface area contributed by atoms with Gasteiger partial charge in [-0.2, -0.15) is 0 Å². The Morgan fingerprint density at radius 1 is 0.911 bits per heavy atom. The predicted octanol–water partition coefficient (Wildman–Crippen LogP) is 5.71. The first kappa shape index (κ1) is 30.4. The van der Waals surface area contributed by atoms with Crippen LogP contribution in [0.5, 0.6) is 0 Å². The van der Waals surface area contributed by atoms with E-state index in [0.717, 1.165) is 27.7 Å². The van der Waals surface area contributed by atoms with Gasteiger partial charge in [0, 0.05) is 34.6 Å². The molecule has 7 nitrogen and oxygen atoms in total. The fourth-order valence-electron chi connectivity index (χ4n) is 6.64. The zero-order valence-corrected chi connectivity index (χ0v) is 26.2. The van der Waals surface area contributed by atoms with Crippen LogP contribution in [0.3, 0.4) is 0 Å². The number of hydrogen-bond donors (Lipinski definition) is 3. The number of halogens is 1. The number of rotatable bonds is 9. The van der Waals surface area contributed by atoms with Gasteiger partial charge in [-0.3, -0.25) is 14.4 Å². The number of aromatic nitrogens is 1. The molecule has 1 aromatic heterocycles. The van der Waals surface area contributed by atoms with E-state index in [9.17, 15) is 14.4 Å². The molecule has 4 aromatic carbocycles. The van der Waals surface area contributed by atoms with Crippen LogP contribution >= 0.6 is 11.6 Å². The number of nitrogens with one attached hydrogen (secondary N) is 2. The summed E-state index contributed by atoms with van der Waals surface area (Å²) in [7, 11) is 0. The molecule has 4 N–H and O–H groups in total. The predicted molar refractivity (Wildman–Crippen MR) is 179 cm³/mol. The summed E-state index contributed by atoms with van der Waals surface area (Å²) in [6.45, 7) is 4.35. The number of benzene rings is 4. The molecule has 0 saturated carbocycles. The van der Waals surface area contributed by atoms with E-state index in [1.165, 1.54) is 16.3 Å². The molecule has 0 unspecified atom stereocenters. The van der Waals surface area contributed by atoms with Crippen LogP contribution in [0.1, 0.15) is 42.7 Å². The van der Waals surface area contributed by atoms with Crippen LogP contribution in [0.2, 0.25) is 5.02 Å². The van der Waals surface area contributed by atoms with Crippen molar-refractivity contribution in [3.63, 3.8) is 0 Å². The molecule has 0 bridgehead atoms. The maximum absolute atomic E-state index is 14.2. The molecule has 5 aromatic rings. The fourth-order valence-corrected chi connectivity index (χ4v) is 6.76. The minimum absolute atomic E-state index is 0.0895. The van der Waals surface area contributed by atoms with Gasteiger partial charge in [0.1, 0.15) is 11.6 Å². The number of para-hydroxylation sites is 1. The van der Waals surface area contributed by atoms with E-state index in [1.807, 2.05) is 38.1 Å². The van der Waals surface area contributed by atoms with Crippen LogP contribution in [-0.4, -0.2) is 33.9 Å². The van der Waals surface area contributed by atoms with E-state index in [4.69, 9.17) is 17.3 Å². The molecule has 230 valence electrons. The number of carbonyl (C=O) groups is 3. The lowest BCUT2D eigenvalue weighted by molar-refractivity contribution is -0.136. The van der Waals surface area contributed by atoms with E-state index in [-0.39, 0.29) is 24.7 Å². The van der Waals surface area contributed by atoms with Gasteiger partial charge in [-0.15, -0.1) is 0 Å². The Bertz CT molecular complexity index is 1910. The number of fused-ring (bicyclic) bond motifs is 4. The van der Waals surface area contributed by atoms with Gasteiger partial charge in [0.2, 0.25) is 17.7 Å². The molecule has 45 heavy (non-hydrogen) atoms. The molecule has 0 saturated heterocycles. The lowest BCUT2D eigenvalue weighted by atomic mass is 9.78. The summed E-state index contributed by atoms with van der Waals surface area (Å²) in [6.07, 6.45) is 1.31. The summed E-state index contributed by atoms with van der Waals surface area (Å²) in [5.74, 6) is -1.50. The van der Waals surface area contributed by atoms with Crippen LogP contribution in [-0.2, 0) is 40.2 Å². The van der Waals surface area contributed by atoms with Crippen molar-refractivity contribution in [3.8, 4) is 0 Å². The van der Waals surface area contributed by atoms with E-state index in [1.54, 1.807) is 24.3 Å². The highest BCUT2D eigenvalue weighted by atomic mass is 35.5. The van der Waals surface area contributed by atoms with Gasteiger partial charge in [-0.1, -0.05) is 92.2 Å². The normalized spacial score (nSPS) is 16.8. The minimum Gasteiger partial charge on any atom is -0.368 e. The third-order valence-corrected chi connectivity index (χ3v) is 9.22. The number of nitrogens with zero attached hydrogens (tertiary/aromatic N) is 1. The van der Waals surface area contributed by atoms with Gasteiger partial charge in [0.15, 0.2) is 0 Å². The average molecular weight is 621 g/mol. The van der Waals surface area contributed by atoms with Crippen molar-refractivity contribution in [2.45, 2.75) is 57.7 Å². The molecule has 2 atom stereocenters. The number of nitrogens with two attached hydrogens (primary N) is 1. The molecular formula is C37H37ClN4O3. The lowest BCUT2D eigenvalue weighted by Gasteiger charge is -2.38. The van der Waals surface area contributed by atoms with Crippen LogP contribution in [0.4, 0.5) is 0 Å². The Hall–Kier alpha value is -4.62. The minimum atomic E-state index is -1.27. The topological polar surface area (TPSA) is 106 Å². The zero-order chi connectivity index (χ0) is 31.7. The van der Waals surface area contributed by atoms with Crippen molar-refractivity contribution >= 4 is 51.0 Å². The van der Waals surface area contributed by atoms with Gasteiger partial charge >= 0.3 is 0 Å². The summed E-state index contributed by atoms with van der Waals surface area (Å²) >= 11 is 6.05. The van der Waals surface area contributed by atoms with E-state index in [0.29, 0.717) is 24.4 Å². The Kier molecular flexibility index (Phi) is 8.38. The monoisotopic (exact) mass is 620 g/mol. The molecule has 1 aliphatic rings. The van der Waals surface area contributed by atoms with Crippen molar-refractivity contribution in [2.75, 3.05) is 0 Å². The second-order valence-corrected chi connectivity index (χ2v) is 12.9. The molecule has 0 spiro atoms. The zero-order valence-electron chi connectivity index (χ0n) is 25.5. The number of carbonyl (C=O) groups excluding carboxylic acids is 3. The number of hydrogen-bond acceptors (Lipinski definition) is 3. The largest absolute Gasteiger partial charge is 0.368 e. The fraction of sp³-hybridized carbons (Fsp3) is 0.270. The van der Waals surface area contributed by atoms with E-state index < -0.39 is 23.4 Å². The molecule has 3 amide bonds. The van der Waals surface area contributed by atoms with Crippen molar-refractivity contribution in [1.29, 1.82) is 0 Å². The van der Waals surface area contributed by atoms with E-state index >= 15 is 0 Å². The first-order chi connectivity index (χ1) is 21.6. The summed E-state index contributed by atoms with van der Waals surface area (Å²) < 4.78 is 2.34. The highest BCUT2D eigenvalue weighted by molar-refractivity contribution is 6.30. The molecule has 6 rings (SSSR count). The Morgan fingerprint density at radius 2 is 1.60 bits per heavy atom. The Labute approximate surface area is 267 Å². The smallest absolute Gasteiger partial charge is 0.246 e. The summed E-state index contributed by atoms with van der Waals surface area (Å²) in [5, 5.41) is 10.0. The van der Waals surface area contributed by atoms with Crippen LogP contribution in [0, 0.1) is 5.92 Å². The summed E-state index contributed by atoms with van der Waals surface area (Å²) in [6, 6.07) is 29.3. The molecule has 1 heterocycles. The van der Waals surface area contributed by atoms with Crippen LogP contribution < -0.4 is 16.4 Å². The van der Waals surface area contributed by atoms with Crippen molar-refractivity contribution < 1.29 is 14.4 Å². The van der Waals surface area contributed by atoms with Crippen LogP contribution in [0.15, 0.2) is 91.0 Å². The third-order valence-electron chi connectivity index (χ3n) is 8.97. The molecular weight excluding hydrogens is 584 g/mol. The van der Waals surface area contributed by atoms with Gasteiger partial charge < -0.3 is 20.9 Å². The molecule has 8 heteroatoms. The second-order valence-electron chi connectivity index (χ2n) is 12.4. The second kappa shape index (κ2) is 12.4. The summed E-state index contributed by atoms with van der Waals surface area (Å²) in [5.41, 5.74) is 9.64. The maximum Gasteiger partial charge on any atom is 0.246 e. The van der Waals surface area contributed by atoms with Crippen molar-refractivity contribution in [1.82, 2.24) is 15.2 Å². The first-order valence-corrected chi connectivity index (χ1v) is 15.7. The Balaban J connectivity index is 1.38. The maximum atomic E-state index is 14.2. The number of amides is 3. The first-order valence-electron chi connectivity index (χ1n) is 15.4. The molecule has 0 fully saturated rings. The SMILES string of the molecule is CC(C)[C@H](NC(=O)[C@]1(NC(=O)Cc2ccc(Cl)cc2)CCc2c(c3ccccc3n2Cc2ccc3ccccc3c2)C1)C(N)=O.